The highest BCUT2D eigenvalue weighted by atomic mass is 35.5. The van der Waals surface area contributed by atoms with Crippen molar-refractivity contribution in [1.82, 2.24) is 4.31 Å². The van der Waals surface area contributed by atoms with Crippen molar-refractivity contribution in [3.63, 3.8) is 0 Å². The van der Waals surface area contributed by atoms with E-state index in [2.05, 4.69) is 12.8 Å². The zero-order valence-corrected chi connectivity index (χ0v) is 11.1. The van der Waals surface area contributed by atoms with Crippen molar-refractivity contribution in [2.45, 2.75) is 0 Å². The lowest BCUT2D eigenvalue weighted by molar-refractivity contribution is 0.0779. The second-order valence-corrected chi connectivity index (χ2v) is 4.84. The van der Waals surface area contributed by atoms with Gasteiger partial charge in [-0.05, 0) is 0 Å². The number of thiol groups is 1. The van der Waals surface area contributed by atoms with Crippen LogP contribution in [0.4, 0.5) is 0 Å². The Balaban J connectivity index is 2.91. The van der Waals surface area contributed by atoms with Crippen LogP contribution in [-0.4, -0.2) is 16.1 Å². The number of benzene rings is 1. The Morgan fingerprint density at radius 3 is 1.38 bits per heavy atom. The Labute approximate surface area is 116 Å². The minimum absolute atomic E-state index is 0.0585. The van der Waals surface area contributed by atoms with Crippen LogP contribution in [0, 0.1) is 0 Å². The van der Waals surface area contributed by atoms with Crippen LogP contribution in [0.3, 0.4) is 0 Å². The van der Waals surface area contributed by atoms with Crippen LogP contribution in [0.15, 0.2) is 0 Å². The molecule has 0 saturated carbocycles. The molecule has 0 saturated heterocycles. The second-order valence-electron chi connectivity index (χ2n) is 2.93. The normalized spacial score (nSPS) is 14.7. The van der Waals surface area contributed by atoms with Crippen molar-refractivity contribution >= 4 is 71.0 Å². The van der Waals surface area contributed by atoms with E-state index in [0.29, 0.717) is 4.31 Å². The number of carbonyl (C=O) groups excluding carboxylic acids is 2. The molecule has 0 unspecified atom stereocenters. The SMILES string of the molecule is O=C1c2c(Cl)c(Cl)c(Cl)c(Cl)c2C(=O)N1S. The van der Waals surface area contributed by atoms with Gasteiger partial charge in [0.05, 0.1) is 31.2 Å². The number of halogens is 4. The third kappa shape index (κ3) is 1.45. The first-order chi connectivity index (χ1) is 7.37. The fourth-order valence-corrected chi connectivity index (χ4v) is 2.55. The standard InChI is InChI=1S/C8HCl4NO2S/c9-3-1-2(4(10)6(12)5(3)11)8(15)13(16)7(1)14/h16H. The van der Waals surface area contributed by atoms with Gasteiger partial charge >= 0.3 is 0 Å². The summed E-state index contributed by atoms with van der Waals surface area (Å²) in [6.07, 6.45) is 0. The molecule has 0 fully saturated rings. The molecule has 1 heterocycles. The largest absolute Gasteiger partial charge is 0.273 e. The van der Waals surface area contributed by atoms with Crippen molar-refractivity contribution in [3.8, 4) is 0 Å². The summed E-state index contributed by atoms with van der Waals surface area (Å²) >= 11 is 26.9. The minimum atomic E-state index is -0.672. The minimum Gasteiger partial charge on any atom is -0.268 e. The molecule has 1 aliphatic rings. The van der Waals surface area contributed by atoms with Gasteiger partial charge in [-0.3, -0.25) is 9.59 Å². The van der Waals surface area contributed by atoms with E-state index in [9.17, 15) is 9.59 Å². The van der Waals surface area contributed by atoms with Gasteiger partial charge in [0.1, 0.15) is 0 Å². The highest BCUT2D eigenvalue weighted by molar-refractivity contribution is 7.79. The molecule has 84 valence electrons. The molecule has 2 rings (SSSR count). The maximum atomic E-state index is 11.6. The molecule has 1 aliphatic heterocycles. The van der Waals surface area contributed by atoms with Gasteiger partial charge in [0.25, 0.3) is 11.8 Å². The highest BCUT2D eigenvalue weighted by Gasteiger charge is 2.40. The van der Waals surface area contributed by atoms with E-state index in [-0.39, 0.29) is 31.2 Å². The molecule has 1 aromatic carbocycles. The number of hydrogen-bond donors (Lipinski definition) is 1. The van der Waals surface area contributed by atoms with Crippen LogP contribution in [0.1, 0.15) is 20.7 Å². The molecule has 0 bridgehead atoms. The average Bonchev–Trinajstić information content (AvgIpc) is 2.48. The average molecular weight is 317 g/mol. The van der Waals surface area contributed by atoms with Crippen LogP contribution < -0.4 is 0 Å². The molecule has 0 radical (unpaired) electrons. The van der Waals surface area contributed by atoms with Crippen molar-refractivity contribution in [2.75, 3.05) is 0 Å². The Morgan fingerprint density at radius 1 is 0.750 bits per heavy atom. The van der Waals surface area contributed by atoms with Gasteiger partial charge < -0.3 is 0 Å². The van der Waals surface area contributed by atoms with Crippen molar-refractivity contribution in [1.29, 1.82) is 0 Å². The lowest BCUT2D eigenvalue weighted by Crippen LogP contribution is -2.18. The number of amides is 2. The van der Waals surface area contributed by atoms with Gasteiger partial charge in [0, 0.05) is 0 Å². The van der Waals surface area contributed by atoms with E-state index in [0.717, 1.165) is 0 Å². The quantitative estimate of drug-likeness (QED) is 0.342. The zero-order valence-electron chi connectivity index (χ0n) is 7.22. The zero-order chi connectivity index (χ0) is 12.2. The monoisotopic (exact) mass is 315 g/mol. The van der Waals surface area contributed by atoms with Gasteiger partial charge in [0.15, 0.2) is 0 Å². The summed E-state index contributed by atoms with van der Waals surface area (Å²) in [5, 5.41) is -0.310. The fraction of sp³-hybridized carbons (Fsp3) is 0. The molecule has 8 heteroatoms. The lowest BCUT2D eigenvalue weighted by Gasteiger charge is -2.06. The lowest BCUT2D eigenvalue weighted by atomic mass is 10.1. The third-order valence-electron chi connectivity index (χ3n) is 2.08. The van der Waals surface area contributed by atoms with Gasteiger partial charge in [0.2, 0.25) is 0 Å². The van der Waals surface area contributed by atoms with Gasteiger partial charge in [-0.2, -0.15) is 0 Å². The third-order valence-corrected chi connectivity index (χ3v) is 4.24. The van der Waals surface area contributed by atoms with Crippen molar-refractivity contribution in [2.24, 2.45) is 0 Å². The molecule has 0 spiro atoms. The van der Waals surface area contributed by atoms with Crippen LogP contribution in [-0.2, 0) is 0 Å². The number of carbonyl (C=O) groups is 2. The Bertz CT molecular complexity index is 499. The molecular formula is C8HCl4NO2S. The van der Waals surface area contributed by atoms with E-state index >= 15 is 0 Å². The summed E-state index contributed by atoms with van der Waals surface area (Å²) < 4.78 is 0.606. The van der Waals surface area contributed by atoms with E-state index in [4.69, 9.17) is 46.4 Å². The number of fused-ring (bicyclic) bond motifs is 1. The number of hydrogen-bond acceptors (Lipinski definition) is 3. The van der Waals surface area contributed by atoms with E-state index in [1.807, 2.05) is 0 Å². The van der Waals surface area contributed by atoms with Crippen LogP contribution in [0.5, 0.6) is 0 Å². The number of nitrogens with zero attached hydrogens (tertiary/aromatic N) is 1. The topological polar surface area (TPSA) is 37.4 Å². The maximum Gasteiger partial charge on any atom is 0.273 e. The predicted octanol–water partition coefficient (Wildman–Crippen LogP) is 3.74. The second kappa shape index (κ2) is 3.96. The van der Waals surface area contributed by atoms with Crippen LogP contribution in [0.25, 0.3) is 0 Å². The smallest absolute Gasteiger partial charge is 0.268 e. The van der Waals surface area contributed by atoms with Crippen molar-refractivity contribution in [3.05, 3.63) is 31.2 Å². The molecule has 3 nitrogen and oxygen atoms in total. The number of imide groups is 1. The summed E-state index contributed by atoms with van der Waals surface area (Å²) in [6.45, 7) is 0. The van der Waals surface area contributed by atoms with Crippen molar-refractivity contribution < 1.29 is 9.59 Å². The Hall–Kier alpha value is -0.130. The molecule has 1 aromatic rings. The summed E-state index contributed by atoms with van der Waals surface area (Å²) in [6, 6.07) is 0. The van der Waals surface area contributed by atoms with E-state index in [1.165, 1.54) is 0 Å². The first-order valence-corrected chi connectivity index (χ1v) is 5.72. The van der Waals surface area contributed by atoms with E-state index < -0.39 is 11.8 Å². The van der Waals surface area contributed by atoms with Crippen LogP contribution in [0.2, 0.25) is 20.1 Å². The Kier molecular flexibility index (Phi) is 3.05. The molecule has 16 heavy (non-hydrogen) atoms. The highest BCUT2D eigenvalue weighted by Crippen LogP contribution is 2.44. The fourth-order valence-electron chi connectivity index (χ4n) is 1.34. The molecule has 0 aliphatic carbocycles. The molecule has 0 aromatic heterocycles. The Morgan fingerprint density at radius 2 is 1.06 bits per heavy atom. The predicted molar refractivity (Wildman–Crippen MR) is 66.0 cm³/mol. The number of rotatable bonds is 0. The summed E-state index contributed by atoms with van der Waals surface area (Å²) in [5.41, 5.74) is -0.137. The molecule has 0 atom stereocenters. The molecular weight excluding hydrogens is 316 g/mol. The first-order valence-electron chi connectivity index (χ1n) is 3.81. The first kappa shape index (κ1) is 12.3. The molecule has 0 N–H and O–H groups in total. The van der Waals surface area contributed by atoms with E-state index in [1.54, 1.807) is 0 Å². The summed E-state index contributed by atoms with van der Waals surface area (Å²) in [7, 11) is 0. The molecule has 2 amide bonds. The maximum absolute atomic E-state index is 11.6. The van der Waals surface area contributed by atoms with Gasteiger partial charge in [-0.15, -0.1) is 0 Å². The summed E-state index contributed by atoms with van der Waals surface area (Å²) in [4.78, 5) is 23.3. The van der Waals surface area contributed by atoms with Gasteiger partial charge in [-0.1, -0.05) is 59.2 Å². The van der Waals surface area contributed by atoms with Crippen LogP contribution >= 0.6 is 59.2 Å². The van der Waals surface area contributed by atoms with Gasteiger partial charge in [-0.25, -0.2) is 4.31 Å². The summed E-state index contributed by atoms with van der Waals surface area (Å²) in [5.74, 6) is -1.34.